The summed E-state index contributed by atoms with van der Waals surface area (Å²) in [4.78, 5) is 17.8. The van der Waals surface area contributed by atoms with E-state index in [2.05, 4.69) is 25.3 Å². The average molecular weight is 516 g/mol. The Morgan fingerprint density at radius 3 is 2.34 bits per heavy atom. The highest BCUT2D eigenvalue weighted by molar-refractivity contribution is 7.84. The van der Waals surface area contributed by atoms with Gasteiger partial charge in [0, 0.05) is 43.7 Å². The molecule has 0 radical (unpaired) electrons. The molecule has 0 fully saturated rings. The van der Waals surface area contributed by atoms with Crippen LogP contribution in [0.5, 0.6) is 0 Å². The van der Waals surface area contributed by atoms with Crippen LogP contribution in [-0.4, -0.2) is 43.5 Å². The van der Waals surface area contributed by atoms with E-state index in [1.807, 2.05) is 0 Å². The zero-order valence-corrected chi connectivity index (χ0v) is 18.9. The standard InChI is InChI=1S/C21H18F6N6OS/c1-35(34)19-30-15-7-10-33(18-14(21(25,26)27)3-2-8-28-18)9-6-13(15)17(32-19)31-16-5-4-12(11-29-16)20(22,23)24/h2-5,8,11H,6-7,9-10H2,1H3,(H,29,30,31,32). The molecule has 1 N–H and O–H groups in total. The maximum Gasteiger partial charge on any atom is 0.419 e. The number of fused-ring (bicyclic) bond motifs is 1. The SMILES string of the molecule is CS(=O)c1nc2c(c(Nc3ccc(C(F)(F)F)cn3)n1)CCN(c1ncccc1C(F)(F)F)CC2. The molecule has 0 aromatic carbocycles. The van der Waals surface area contributed by atoms with E-state index in [0.29, 0.717) is 17.5 Å². The normalized spacial score (nSPS) is 15.3. The summed E-state index contributed by atoms with van der Waals surface area (Å²) in [5.74, 6) is 0.0438. The van der Waals surface area contributed by atoms with Gasteiger partial charge in [0.15, 0.2) is 0 Å². The van der Waals surface area contributed by atoms with Crippen molar-refractivity contribution < 1.29 is 30.6 Å². The number of pyridine rings is 2. The number of alkyl halides is 6. The third-order valence-corrected chi connectivity index (χ3v) is 6.01. The fourth-order valence-electron chi connectivity index (χ4n) is 3.65. The van der Waals surface area contributed by atoms with Crippen LogP contribution in [-0.2, 0) is 36.0 Å². The van der Waals surface area contributed by atoms with E-state index in [1.54, 1.807) is 0 Å². The summed E-state index contributed by atoms with van der Waals surface area (Å²) in [6.45, 7) is 0.317. The molecule has 4 heterocycles. The maximum atomic E-state index is 13.5. The van der Waals surface area contributed by atoms with E-state index in [9.17, 15) is 30.6 Å². The lowest BCUT2D eigenvalue weighted by atomic mass is 10.1. The van der Waals surface area contributed by atoms with Crippen LogP contribution in [0.25, 0.3) is 0 Å². The lowest BCUT2D eigenvalue weighted by Crippen LogP contribution is -2.29. The van der Waals surface area contributed by atoms with Gasteiger partial charge in [-0.2, -0.15) is 26.3 Å². The highest BCUT2D eigenvalue weighted by Crippen LogP contribution is 2.36. The van der Waals surface area contributed by atoms with Crippen LogP contribution in [0, 0.1) is 0 Å². The van der Waals surface area contributed by atoms with E-state index < -0.39 is 34.3 Å². The Morgan fingerprint density at radius 2 is 1.71 bits per heavy atom. The lowest BCUT2D eigenvalue weighted by Gasteiger charge is -2.24. The van der Waals surface area contributed by atoms with Crippen LogP contribution < -0.4 is 10.2 Å². The lowest BCUT2D eigenvalue weighted by molar-refractivity contribution is -0.138. The molecule has 3 aromatic heterocycles. The smallest absolute Gasteiger partial charge is 0.355 e. The number of rotatable bonds is 4. The van der Waals surface area contributed by atoms with E-state index in [0.717, 1.165) is 18.2 Å². The molecule has 4 rings (SSSR count). The quantitative estimate of drug-likeness (QED) is 0.407. The first-order valence-electron chi connectivity index (χ1n) is 10.2. The van der Waals surface area contributed by atoms with Gasteiger partial charge >= 0.3 is 12.4 Å². The molecule has 3 aromatic rings. The second kappa shape index (κ2) is 9.40. The van der Waals surface area contributed by atoms with Gasteiger partial charge in [-0.15, -0.1) is 0 Å². The average Bonchev–Trinajstić information content (AvgIpc) is 3.01. The highest BCUT2D eigenvalue weighted by atomic mass is 32.2. The Hall–Kier alpha value is -3.29. The van der Waals surface area contributed by atoms with Crippen molar-refractivity contribution in [2.24, 2.45) is 0 Å². The minimum absolute atomic E-state index is 0.0135. The van der Waals surface area contributed by atoms with Gasteiger partial charge in [0.2, 0.25) is 5.16 Å². The first kappa shape index (κ1) is 24.8. The number of nitrogens with zero attached hydrogens (tertiary/aromatic N) is 5. The molecule has 1 unspecified atom stereocenters. The minimum Gasteiger partial charge on any atom is -0.355 e. The second-order valence-corrected chi connectivity index (χ2v) is 8.92. The third kappa shape index (κ3) is 5.52. The summed E-state index contributed by atoms with van der Waals surface area (Å²) in [6.07, 6.45) is -5.39. The van der Waals surface area contributed by atoms with Crippen LogP contribution in [0.1, 0.15) is 22.4 Å². The maximum absolute atomic E-state index is 13.5. The molecule has 7 nitrogen and oxygen atoms in total. The fourth-order valence-corrected chi connectivity index (χ4v) is 4.11. The number of aromatic nitrogens is 4. The van der Waals surface area contributed by atoms with Crippen molar-refractivity contribution in [3.8, 4) is 0 Å². The first-order valence-corrected chi connectivity index (χ1v) is 11.8. The summed E-state index contributed by atoms with van der Waals surface area (Å²) < 4.78 is 91.1. The van der Waals surface area contributed by atoms with Crippen molar-refractivity contribution in [3.05, 3.63) is 59.0 Å². The van der Waals surface area contributed by atoms with Crippen molar-refractivity contribution in [3.63, 3.8) is 0 Å². The predicted molar refractivity (Wildman–Crippen MR) is 116 cm³/mol. The largest absolute Gasteiger partial charge is 0.419 e. The molecule has 0 amide bonds. The summed E-state index contributed by atoms with van der Waals surface area (Å²) in [5, 5.41) is 2.83. The monoisotopic (exact) mass is 516 g/mol. The molecule has 0 saturated heterocycles. The summed E-state index contributed by atoms with van der Waals surface area (Å²) in [6, 6.07) is 4.16. The van der Waals surface area contributed by atoms with Crippen molar-refractivity contribution in [2.75, 3.05) is 29.6 Å². The van der Waals surface area contributed by atoms with Crippen LogP contribution >= 0.6 is 0 Å². The van der Waals surface area contributed by atoms with Crippen LogP contribution in [0.15, 0.2) is 41.8 Å². The zero-order valence-electron chi connectivity index (χ0n) is 18.1. The molecule has 0 spiro atoms. The van der Waals surface area contributed by atoms with Gasteiger partial charge in [-0.25, -0.2) is 19.9 Å². The Balaban J connectivity index is 1.67. The molecule has 0 bridgehead atoms. The van der Waals surface area contributed by atoms with E-state index in [-0.39, 0.29) is 48.5 Å². The molecular weight excluding hydrogens is 498 g/mol. The Labute approximate surface area is 198 Å². The Morgan fingerprint density at radius 1 is 0.971 bits per heavy atom. The molecule has 35 heavy (non-hydrogen) atoms. The highest BCUT2D eigenvalue weighted by Gasteiger charge is 2.36. The van der Waals surface area contributed by atoms with Crippen molar-refractivity contribution in [1.82, 2.24) is 19.9 Å². The summed E-state index contributed by atoms with van der Waals surface area (Å²) >= 11 is 0. The second-order valence-electron chi connectivity index (χ2n) is 7.65. The molecule has 0 saturated carbocycles. The summed E-state index contributed by atoms with van der Waals surface area (Å²) in [5.41, 5.74) is -0.759. The van der Waals surface area contributed by atoms with Crippen LogP contribution in [0.4, 0.5) is 43.8 Å². The van der Waals surface area contributed by atoms with Gasteiger partial charge in [-0.1, -0.05) is 0 Å². The molecule has 1 aliphatic rings. The number of anilines is 3. The Bertz CT molecular complexity index is 1250. The van der Waals surface area contributed by atoms with Crippen molar-refractivity contribution in [2.45, 2.75) is 30.4 Å². The van der Waals surface area contributed by atoms with Gasteiger partial charge in [0.1, 0.15) is 17.5 Å². The minimum atomic E-state index is -4.59. The molecule has 14 heteroatoms. The fraction of sp³-hybridized carbons (Fsp3) is 0.333. The predicted octanol–water partition coefficient (Wildman–Crippen LogP) is 4.39. The molecule has 186 valence electrons. The number of nitrogens with one attached hydrogen (secondary N) is 1. The summed E-state index contributed by atoms with van der Waals surface area (Å²) in [7, 11) is -1.58. The van der Waals surface area contributed by atoms with Crippen molar-refractivity contribution >= 4 is 28.3 Å². The van der Waals surface area contributed by atoms with Gasteiger partial charge in [-0.05, 0) is 30.7 Å². The van der Waals surface area contributed by atoms with Crippen LogP contribution in [0.2, 0.25) is 0 Å². The van der Waals surface area contributed by atoms with Crippen molar-refractivity contribution in [1.29, 1.82) is 0 Å². The first-order chi connectivity index (χ1) is 16.4. The molecule has 0 aliphatic carbocycles. The zero-order chi connectivity index (χ0) is 25.4. The van der Waals surface area contributed by atoms with E-state index in [4.69, 9.17) is 0 Å². The van der Waals surface area contributed by atoms with Crippen LogP contribution in [0.3, 0.4) is 0 Å². The Kier molecular flexibility index (Phi) is 6.66. The van der Waals surface area contributed by atoms with Gasteiger partial charge in [-0.3, -0.25) is 4.21 Å². The molecule has 1 atom stereocenters. The number of hydrogen-bond acceptors (Lipinski definition) is 7. The number of hydrogen-bond donors (Lipinski definition) is 1. The number of halogens is 6. The van der Waals surface area contributed by atoms with Gasteiger partial charge in [0.05, 0.1) is 27.6 Å². The van der Waals surface area contributed by atoms with E-state index >= 15 is 0 Å². The topological polar surface area (TPSA) is 83.9 Å². The van der Waals surface area contributed by atoms with E-state index in [1.165, 1.54) is 23.4 Å². The molecule has 1 aliphatic heterocycles. The molecular formula is C21H18F6N6OS. The van der Waals surface area contributed by atoms with Gasteiger partial charge < -0.3 is 10.2 Å². The van der Waals surface area contributed by atoms with Gasteiger partial charge in [0.25, 0.3) is 0 Å². The third-order valence-electron chi connectivity index (χ3n) is 5.31.